The van der Waals surface area contributed by atoms with Gasteiger partial charge in [0.2, 0.25) is 0 Å². The lowest BCUT2D eigenvalue weighted by Crippen LogP contribution is -2.17. The average molecular weight is 279 g/mol. The van der Waals surface area contributed by atoms with Gasteiger partial charge in [-0.3, -0.25) is 9.48 Å². The molecule has 0 radical (unpaired) electrons. The van der Waals surface area contributed by atoms with Crippen LogP contribution in [0, 0.1) is 6.92 Å². The van der Waals surface area contributed by atoms with Crippen molar-refractivity contribution < 1.29 is 4.79 Å². The van der Waals surface area contributed by atoms with Crippen molar-refractivity contribution >= 4 is 27.9 Å². The van der Waals surface area contributed by atoms with E-state index in [1.807, 2.05) is 24.9 Å². The third kappa shape index (κ3) is 2.70. The number of carbonyl (C=O) groups excluding carboxylic acids is 1. The first-order chi connectivity index (χ1) is 9.02. The van der Waals surface area contributed by atoms with E-state index in [9.17, 15) is 4.79 Å². The number of nitrogens with one attached hydrogen (secondary N) is 2. The smallest absolute Gasteiger partial charge is 0.263 e. The number of anilines is 2. The van der Waals surface area contributed by atoms with Crippen LogP contribution in [0.15, 0.2) is 12.3 Å². The quantitative estimate of drug-likeness (QED) is 0.788. The van der Waals surface area contributed by atoms with E-state index in [4.69, 9.17) is 5.73 Å². The van der Waals surface area contributed by atoms with Crippen LogP contribution >= 0.6 is 11.3 Å². The number of hydrogen-bond acceptors (Lipinski definition) is 5. The fourth-order valence-corrected chi connectivity index (χ4v) is 2.60. The van der Waals surface area contributed by atoms with E-state index >= 15 is 0 Å². The summed E-state index contributed by atoms with van der Waals surface area (Å²) in [6.45, 7) is 2.68. The Kier molecular flexibility index (Phi) is 3.75. The van der Waals surface area contributed by atoms with Crippen molar-refractivity contribution in [2.45, 2.75) is 13.5 Å². The van der Waals surface area contributed by atoms with Gasteiger partial charge in [0.25, 0.3) is 5.91 Å². The van der Waals surface area contributed by atoms with Gasteiger partial charge in [0.1, 0.15) is 4.88 Å². The Labute approximate surface area is 115 Å². The lowest BCUT2D eigenvalue weighted by atomic mass is 10.2. The summed E-state index contributed by atoms with van der Waals surface area (Å²) >= 11 is 1.35. The van der Waals surface area contributed by atoms with E-state index in [-0.39, 0.29) is 5.91 Å². The maximum atomic E-state index is 11.6. The Morgan fingerprint density at radius 3 is 2.89 bits per heavy atom. The zero-order valence-corrected chi connectivity index (χ0v) is 12.0. The van der Waals surface area contributed by atoms with Crippen LogP contribution in [0.25, 0.3) is 0 Å². The molecule has 102 valence electrons. The molecule has 0 aliphatic heterocycles. The summed E-state index contributed by atoms with van der Waals surface area (Å²) < 4.78 is 1.83. The highest BCUT2D eigenvalue weighted by Gasteiger charge is 2.13. The molecule has 0 saturated heterocycles. The maximum Gasteiger partial charge on any atom is 0.263 e. The fraction of sp³-hybridized carbons (Fsp3) is 0.333. The third-order valence-electron chi connectivity index (χ3n) is 2.98. The zero-order chi connectivity index (χ0) is 14.0. The van der Waals surface area contributed by atoms with Gasteiger partial charge in [0.05, 0.1) is 16.9 Å². The number of aryl methyl sites for hydroxylation is 1. The van der Waals surface area contributed by atoms with Crippen LogP contribution in [0.1, 0.15) is 20.9 Å². The number of carbonyl (C=O) groups is 1. The number of thiophene rings is 1. The van der Waals surface area contributed by atoms with Crippen molar-refractivity contribution in [2.24, 2.45) is 7.05 Å². The molecule has 19 heavy (non-hydrogen) atoms. The van der Waals surface area contributed by atoms with Gasteiger partial charge in [-0.15, -0.1) is 11.3 Å². The molecule has 2 aromatic heterocycles. The van der Waals surface area contributed by atoms with Crippen molar-refractivity contribution in [3.05, 3.63) is 28.4 Å². The predicted molar refractivity (Wildman–Crippen MR) is 77.4 cm³/mol. The van der Waals surface area contributed by atoms with Gasteiger partial charge in [-0.1, -0.05) is 0 Å². The highest BCUT2D eigenvalue weighted by atomic mass is 32.1. The van der Waals surface area contributed by atoms with Gasteiger partial charge >= 0.3 is 0 Å². The summed E-state index contributed by atoms with van der Waals surface area (Å²) in [5, 5.41) is 10.9. The normalized spacial score (nSPS) is 10.5. The molecular formula is C12H17N5OS. The molecule has 0 aliphatic carbocycles. The Morgan fingerprint density at radius 2 is 2.32 bits per heavy atom. The summed E-state index contributed by atoms with van der Waals surface area (Å²) in [6, 6.07) is 1.78. The van der Waals surface area contributed by atoms with Crippen molar-refractivity contribution in [1.82, 2.24) is 15.1 Å². The second kappa shape index (κ2) is 5.31. The predicted octanol–water partition coefficient (Wildman–Crippen LogP) is 1.34. The average Bonchev–Trinajstić information content (AvgIpc) is 2.91. The molecule has 4 N–H and O–H groups in total. The molecule has 0 spiro atoms. The number of rotatable bonds is 4. The SMILES string of the molecule is CNC(=O)c1sc(NCc2cnn(C)c2C)cc1N. The lowest BCUT2D eigenvalue weighted by molar-refractivity contribution is 0.0968. The molecule has 2 heterocycles. The summed E-state index contributed by atoms with van der Waals surface area (Å²) in [7, 11) is 3.50. The minimum atomic E-state index is -0.159. The molecule has 0 fully saturated rings. The van der Waals surface area contributed by atoms with Crippen LogP contribution in [0.4, 0.5) is 10.7 Å². The molecule has 0 aromatic carbocycles. The van der Waals surface area contributed by atoms with E-state index in [0.717, 1.165) is 16.3 Å². The van der Waals surface area contributed by atoms with Gasteiger partial charge in [0.15, 0.2) is 0 Å². The van der Waals surface area contributed by atoms with Gasteiger partial charge in [-0.25, -0.2) is 0 Å². The van der Waals surface area contributed by atoms with Crippen LogP contribution in [0.3, 0.4) is 0 Å². The molecule has 1 amide bonds. The minimum absolute atomic E-state index is 0.159. The van der Waals surface area contributed by atoms with Crippen LogP contribution < -0.4 is 16.4 Å². The molecular weight excluding hydrogens is 262 g/mol. The van der Waals surface area contributed by atoms with E-state index in [1.165, 1.54) is 11.3 Å². The topological polar surface area (TPSA) is 85.0 Å². The second-order valence-corrected chi connectivity index (χ2v) is 5.26. The van der Waals surface area contributed by atoms with Crippen LogP contribution in [0.2, 0.25) is 0 Å². The molecule has 0 unspecified atom stereocenters. The second-order valence-electron chi connectivity index (χ2n) is 4.21. The van der Waals surface area contributed by atoms with Crippen molar-refractivity contribution in [2.75, 3.05) is 18.1 Å². The highest BCUT2D eigenvalue weighted by molar-refractivity contribution is 7.18. The van der Waals surface area contributed by atoms with Crippen LogP contribution in [-0.2, 0) is 13.6 Å². The summed E-state index contributed by atoms with van der Waals surface area (Å²) in [4.78, 5) is 12.1. The number of nitrogens with two attached hydrogens (primary N) is 1. The number of aromatic nitrogens is 2. The number of nitrogen functional groups attached to an aromatic ring is 1. The molecule has 2 aromatic rings. The number of nitrogens with zero attached hydrogens (tertiary/aromatic N) is 2. The number of hydrogen-bond donors (Lipinski definition) is 3. The standard InChI is InChI=1S/C12H17N5OS/c1-7-8(6-16-17(7)3)5-15-10-4-9(13)11(19-10)12(18)14-2/h4,6,15H,5,13H2,1-3H3,(H,14,18). The minimum Gasteiger partial charge on any atom is -0.397 e. The van der Waals surface area contributed by atoms with E-state index in [0.29, 0.717) is 17.1 Å². The van der Waals surface area contributed by atoms with Crippen LogP contribution in [0.5, 0.6) is 0 Å². The van der Waals surface area contributed by atoms with Gasteiger partial charge in [-0.2, -0.15) is 5.10 Å². The summed E-state index contributed by atoms with van der Waals surface area (Å²) in [6.07, 6.45) is 1.83. The summed E-state index contributed by atoms with van der Waals surface area (Å²) in [5.41, 5.74) is 8.54. The molecule has 0 aliphatic rings. The molecule has 0 atom stereocenters. The first-order valence-electron chi connectivity index (χ1n) is 5.85. The van der Waals surface area contributed by atoms with Crippen molar-refractivity contribution in [3.63, 3.8) is 0 Å². The molecule has 2 rings (SSSR count). The van der Waals surface area contributed by atoms with Crippen LogP contribution in [-0.4, -0.2) is 22.7 Å². The van der Waals surface area contributed by atoms with E-state index in [1.54, 1.807) is 13.1 Å². The monoisotopic (exact) mass is 279 g/mol. The van der Waals surface area contributed by atoms with E-state index in [2.05, 4.69) is 15.7 Å². The summed E-state index contributed by atoms with van der Waals surface area (Å²) in [5.74, 6) is -0.159. The highest BCUT2D eigenvalue weighted by Crippen LogP contribution is 2.29. The molecule has 0 bridgehead atoms. The number of amides is 1. The van der Waals surface area contributed by atoms with E-state index < -0.39 is 0 Å². The van der Waals surface area contributed by atoms with Crippen molar-refractivity contribution in [3.8, 4) is 0 Å². The Morgan fingerprint density at radius 1 is 1.58 bits per heavy atom. The first kappa shape index (κ1) is 13.4. The lowest BCUT2D eigenvalue weighted by Gasteiger charge is -2.02. The fourth-order valence-electron chi connectivity index (χ4n) is 1.68. The van der Waals surface area contributed by atoms with Gasteiger partial charge in [0, 0.05) is 31.9 Å². The Bertz CT molecular complexity index is 601. The van der Waals surface area contributed by atoms with Gasteiger partial charge in [-0.05, 0) is 13.0 Å². The maximum absolute atomic E-state index is 11.6. The Balaban J connectivity index is 2.08. The largest absolute Gasteiger partial charge is 0.397 e. The first-order valence-corrected chi connectivity index (χ1v) is 6.67. The molecule has 6 nitrogen and oxygen atoms in total. The zero-order valence-electron chi connectivity index (χ0n) is 11.2. The molecule has 0 saturated carbocycles. The van der Waals surface area contributed by atoms with Crippen molar-refractivity contribution in [1.29, 1.82) is 0 Å². The molecule has 7 heteroatoms. The van der Waals surface area contributed by atoms with Gasteiger partial charge < -0.3 is 16.4 Å². The Hall–Kier alpha value is -2.02. The third-order valence-corrected chi connectivity index (χ3v) is 4.09.